The smallest absolute Gasteiger partial charge is 0.274 e. The SMILES string of the molecule is COc1cc(F)ccc1NC(=O)C(=N)c1cc(-c2ccc3nc(NC(=O)C4CC4)sc3c2)ccc1N. The number of nitrogens with two attached hydrogens (primary N) is 1. The van der Waals surface area contributed by atoms with Crippen LogP contribution >= 0.6 is 11.3 Å². The third-order valence-electron chi connectivity index (χ3n) is 5.86. The van der Waals surface area contributed by atoms with E-state index in [4.69, 9.17) is 15.9 Å². The summed E-state index contributed by atoms with van der Waals surface area (Å²) in [5, 5.41) is 14.5. The monoisotopic (exact) mass is 503 g/mol. The fraction of sp³-hybridized carbons (Fsp3) is 0.154. The van der Waals surface area contributed by atoms with Crippen LogP contribution in [0.2, 0.25) is 0 Å². The number of fused-ring (bicyclic) bond motifs is 1. The van der Waals surface area contributed by atoms with E-state index >= 15 is 0 Å². The summed E-state index contributed by atoms with van der Waals surface area (Å²) in [6.07, 6.45) is 1.84. The third kappa shape index (κ3) is 4.76. The molecule has 0 unspecified atom stereocenters. The van der Waals surface area contributed by atoms with Gasteiger partial charge in [-0.2, -0.15) is 0 Å². The minimum Gasteiger partial charge on any atom is -0.494 e. The lowest BCUT2D eigenvalue weighted by molar-refractivity contribution is -0.117. The van der Waals surface area contributed by atoms with Crippen molar-refractivity contribution in [1.29, 1.82) is 5.41 Å². The van der Waals surface area contributed by atoms with E-state index in [9.17, 15) is 14.0 Å². The van der Waals surface area contributed by atoms with Gasteiger partial charge in [0.2, 0.25) is 5.91 Å². The highest BCUT2D eigenvalue weighted by Gasteiger charge is 2.30. The molecule has 8 nitrogen and oxygen atoms in total. The Kier molecular flexibility index (Phi) is 6.11. The van der Waals surface area contributed by atoms with E-state index in [1.54, 1.807) is 12.1 Å². The first-order valence-corrected chi connectivity index (χ1v) is 12.0. The van der Waals surface area contributed by atoms with Crippen LogP contribution in [0.15, 0.2) is 54.6 Å². The van der Waals surface area contributed by atoms with Gasteiger partial charge in [0.15, 0.2) is 5.13 Å². The molecule has 0 radical (unpaired) electrons. The number of hydrogen-bond acceptors (Lipinski definition) is 7. The summed E-state index contributed by atoms with van der Waals surface area (Å²) in [4.78, 5) is 29.3. The Morgan fingerprint density at radius 3 is 2.58 bits per heavy atom. The highest BCUT2D eigenvalue weighted by Crippen LogP contribution is 2.34. The largest absolute Gasteiger partial charge is 0.494 e. The normalized spacial score (nSPS) is 12.8. The predicted octanol–water partition coefficient (Wildman–Crippen LogP) is 5.05. The second kappa shape index (κ2) is 9.38. The molecule has 0 atom stereocenters. The number of rotatable bonds is 7. The van der Waals surface area contributed by atoms with Gasteiger partial charge >= 0.3 is 0 Å². The number of nitrogens with zero attached hydrogens (tertiary/aromatic N) is 1. The minimum absolute atomic E-state index is 0.00695. The van der Waals surface area contributed by atoms with E-state index in [0.717, 1.165) is 40.3 Å². The Balaban J connectivity index is 1.39. The lowest BCUT2D eigenvalue weighted by Crippen LogP contribution is -2.24. The molecule has 0 bridgehead atoms. The van der Waals surface area contributed by atoms with Crippen LogP contribution in [0, 0.1) is 17.1 Å². The van der Waals surface area contributed by atoms with Crippen LogP contribution in [0.25, 0.3) is 21.3 Å². The molecule has 10 heteroatoms. The van der Waals surface area contributed by atoms with Crippen molar-refractivity contribution in [3.63, 3.8) is 0 Å². The van der Waals surface area contributed by atoms with Crippen molar-refractivity contribution in [2.24, 2.45) is 5.92 Å². The van der Waals surface area contributed by atoms with Gasteiger partial charge in [-0.1, -0.05) is 23.5 Å². The summed E-state index contributed by atoms with van der Waals surface area (Å²) in [7, 11) is 1.36. The highest BCUT2D eigenvalue weighted by atomic mass is 32.1. The molecule has 5 N–H and O–H groups in total. The number of ether oxygens (including phenoxy) is 1. The Morgan fingerprint density at radius 2 is 1.83 bits per heavy atom. The van der Waals surface area contributed by atoms with E-state index in [2.05, 4.69) is 15.6 Å². The fourth-order valence-electron chi connectivity index (χ4n) is 3.74. The Labute approximate surface area is 209 Å². The maximum atomic E-state index is 13.5. The van der Waals surface area contributed by atoms with Crippen molar-refractivity contribution in [2.45, 2.75) is 12.8 Å². The number of hydrogen-bond donors (Lipinski definition) is 4. The lowest BCUT2D eigenvalue weighted by Gasteiger charge is -2.13. The number of thiazole rings is 1. The van der Waals surface area contributed by atoms with E-state index in [0.29, 0.717) is 5.13 Å². The molecule has 1 aliphatic carbocycles. The Bertz CT molecular complexity index is 1530. The summed E-state index contributed by atoms with van der Waals surface area (Å²) in [5.74, 6) is -0.974. The van der Waals surface area contributed by atoms with Crippen molar-refractivity contribution in [2.75, 3.05) is 23.5 Å². The van der Waals surface area contributed by atoms with Gasteiger partial charge in [-0.05, 0) is 60.4 Å². The number of carbonyl (C=O) groups is 2. The van der Waals surface area contributed by atoms with Gasteiger partial charge in [-0.25, -0.2) is 9.37 Å². The predicted molar refractivity (Wildman–Crippen MR) is 139 cm³/mol. The molecule has 182 valence electrons. The van der Waals surface area contributed by atoms with Crippen molar-refractivity contribution in [3.05, 3.63) is 66.0 Å². The van der Waals surface area contributed by atoms with Crippen molar-refractivity contribution >= 4 is 55.6 Å². The molecule has 36 heavy (non-hydrogen) atoms. The molecule has 1 aromatic heterocycles. The van der Waals surface area contributed by atoms with Crippen LogP contribution in [-0.2, 0) is 9.59 Å². The molecular formula is C26H22FN5O3S. The first-order valence-electron chi connectivity index (χ1n) is 11.2. The summed E-state index contributed by atoms with van der Waals surface area (Å²) in [5.41, 5.74) is 8.90. The van der Waals surface area contributed by atoms with Crippen molar-refractivity contribution < 1.29 is 18.7 Å². The van der Waals surface area contributed by atoms with Crippen LogP contribution in [0.3, 0.4) is 0 Å². The van der Waals surface area contributed by atoms with Gasteiger partial charge in [-0.15, -0.1) is 0 Å². The first-order chi connectivity index (χ1) is 17.3. The number of benzene rings is 3. The maximum Gasteiger partial charge on any atom is 0.274 e. The van der Waals surface area contributed by atoms with Crippen molar-refractivity contribution in [1.82, 2.24) is 4.98 Å². The number of halogens is 1. The lowest BCUT2D eigenvalue weighted by atomic mass is 9.99. The molecule has 4 aromatic rings. The van der Waals surface area contributed by atoms with Gasteiger partial charge in [0.05, 0.1) is 23.0 Å². The minimum atomic E-state index is -0.710. The molecule has 1 heterocycles. The van der Waals surface area contributed by atoms with Gasteiger partial charge < -0.3 is 21.1 Å². The van der Waals surface area contributed by atoms with E-state index in [1.807, 2.05) is 24.3 Å². The number of aromatic nitrogens is 1. The second-order valence-electron chi connectivity index (χ2n) is 8.44. The number of carbonyl (C=O) groups excluding carboxylic acids is 2. The Hall–Kier alpha value is -4.31. The molecule has 0 saturated heterocycles. The number of amides is 2. The molecule has 0 aliphatic heterocycles. The topological polar surface area (TPSA) is 130 Å². The number of methoxy groups -OCH3 is 1. The van der Waals surface area contributed by atoms with Crippen LogP contribution in [0.4, 0.5) is 20.9 Å². The summed E-state index contributed by atoms with van der Waals surface area (Å²) >= 11 is 1.39. The van der Waals surface area contributed by atoms with Crippen molar-refractivity contribution in [3.8, 4) is 16.9 Å². The molecule has 5 rings (SSSR count). The average molecular weight is 504 g/mol. The van der Waals surface area contributed by atoms with Crippen LogP contribution in [0.5, 0.6) is 5.75 Å². The van der Waals surface area contributed by atoms with Crippen LogP contribution in [-0.4, -0.2) is 29.6 Å². The van der Waals surface area contributed by atoms with Crippen LogP contribution < -0.4 is 21.1 Å². The maximum absolute atomic E-state index is 13.5. The molecule has 3 aromatic carbocycles. The zero-order valence-electron chi connectivity index (χ0n) is 19.2. The number of nitrogen functional groups attached to an aromatic ring is 1. The molecule has 1 aliphatic rings. The zero-order chi connectivity index (χ0) is 25.4. The van der Waals surface area contributed by atoms with Crippen LogP contribution in [0.1, 0.15) is 18.4 Å². The zero-order valence-corrected chi connectivity index (χ0v) is 20.0. The summed E-state index contributed by atoms with van der Waals surface area (Å²) in [6.45, 7) is 0. The summed E-state index contributed by atoms with van der Waals surface area (Å²) in [6, 6.07) is 14.5. The molecular weight excluding hydrogens is 481 g/mol. The molecule has 2 amide bonds. The van der Waals surface area contributed by atoms with E-state index < -0.39 is 11.7 Å². The highest BCUT2D eigenvalue weighted by molar-refractivity contribution is 7.22. The van der Waals surface area contributed by atoms with Gasteiger partial charge in [0.25, 0.3) is 5.91 Å². The van der Waals surface area contributed by atoms with Gasteiger partial charge in [0.1, 0.15) is 17.3 Å². The summed E-state index contributed by atoms with van der Waals surface area (Å²) < 4.78 is 19.5. The average Bonchev–Trinajstić information content (AvgIpc) is 3.65. The second-order valence-corrected chi connectivity index (χ2v) is 9.47. The molecule has 1 fully saturated rings. The van der Waals surface area contributed by atoms with E-state index in [-0.39, 0.29) is 40.2 Å². The number of anilines is 3. The quantitative estimate of drug-likeness (QED) is 0.207. The standard InChI is InChI=1S/C26H22FN5O3S/c1-35-21-12-16(27)6-9-19(21)30-25(34)23(29)17-10-14(4-7-18(17)28)15-5-8-20-22(11-15)36-26(31-20)32-24(33)13-2-3-13/h4-13,29H,2-3,28H2,1H3,(H,30,34)(H,31,32,33). The van der Waals surface area contributed by atoms with Gasteiger partial charge in [0, 0.05) is 23.2 Å². The molecule has 0 spiro atoms. The Morgan fingerprint density at radius 1 is 1.08 bits per heavy atom. The van der Waals surface area contributed by atoms with E-state index in [1.165, 1.54) is 30.6 Å². The first kappa shape index (κ1) is 23.4. The number of nitrogens with one attached hydrogen (secondary N) is 3. The molecule has 1 saturated carbocycles. The fourth-order valence-corrected chi connectivity index (χ4v) is 4.65. The third-order valence-corrected chi connectivity index (χ3v) is 6.80. The van der Waals surface area contributed by atoms with Gasteiger partial charge in [-0.3, -0.25) is 15.0 Å².